The fourth-order valence-corrected chi connectivity index (χ4v) is 3.52. The number of azo groups is 1. The maximum Gasteiger partial charge on any atom is 0.294 e. The van der Waals surface area contributed by atoms with E-state index in [1.807, 2.05) is 36.4 Å². The van der Waals surface area contributed by atoms with E-state index in [-0.39, 0.29) is 4.90 Å². The summed E-state index contributed by atoms with van der Waals surface area (Å²) in [6, 6.07) is 17.1. The Bertz CT molecular complexity index is 1080. The van der Waals surface area contributed by atoms with Crippen LogP contribution in [0.3, 0.4) is 0 Å². The zero-order valence-electron chi connectivity index (χ0n) is 15.0. The molecule has 0 saturated carbocycles. The number of hydrogen-bond acceptors (Lipinski definition) is 5. The number of ether oxygens (including phenoxy) is 1. The van der Waals surface area contributed by atoms with E-state index in [9.17, 15) is 8.42 Å². The normalized spacial score (nSPS) is 11.9. The highest BCUT2D eigenvalue weighted by atomic mass is 79.9. The van der Waals surface area contributed by atoms with E-state index in [2.05, 4.69) is 26.2 Å². The van der Waals surface area contributed by atoms with Crippen LogP contribution in [-0.2, 0) is 10.1 Å². The summed E-state index contributed by atoms with van der Waals surface area (Å²) in [7, 11) is -4.22. The standard InChI is InChI=1S/C20H19BrN2O4S/c21-13-3-4-14-27-20-12-11-19(17-5-1-2-6-18(17)20)23-22-15-7-9-16(10-8-15)28(24,25)26/h1-2,5-12H,3-4,13-14H2,(H,24,25,26). The van der Waals surface area contributed by atoms with Gasteiger partial charge in [0.2, 0.25) is 0 Å². The van der Waals surface area contributed by atoms with Gasteiger partial charge in [0.25, 0.3) is 10.1 Å². The topological polar surface area (TPSA) is 88.3 Å². The fourth-order valence-electron chi connectivity index (χ4n) is 2.64. The largest absolute Gasteiger partial charge is 0.493 e. The summed E-state index contributed by atoms with van der Waals surface area (Å²) in [5, 5.41) is 11.3. The van der Waals surface area contributed by atoms with Crippen LogP contribution < -0.4 is 4.74 Å². The summed E-state index contributed by atoms with van der Waals surface area (Å²) in [6.07, 6.45) is 2.03. The van der Waals surface area contributed by atoms with Crippen LogP contribution in [-0.4, -0.2) is 24.9 Å². The molecule has 0 aliphatic heterocycles. The average molecular weight is 463 g/mol. The highest BCUT2D eigenvalue weighted by Crippen LogP contribution is 2.34. The average Bonchev–Trinajstić information content (AvgIpc) is 2.70. The number of nitrogens with zero attached hydrogens (tertiary/aromatic N) is 2. The Morgan fingerprint density at radius 1 is 0.893 bits per heavy atom. The van der Waals surface area contributed by atoms with E-state index in [4.69, 9.17) is 9.29 Å². The molecule has 0 aromatic heterocycles. The van der Waals surface area contributed by atoms with Crippen LogP contribution in [0.4, 0.5) is 11.4 Å². The minimum atomic E-state index is -4.22. The lowest BCUT2D eigenvalue weighted by Gasteiger charge is -2.10. The second-order valence-corrected chi connectivity index (χ2v) is 8.26. The summed E-state index contributed by atoms with van der Waals surface area (Å²) in [4.78, 5) is -0.182. The molecule has 28 heavy (non-hydrogen) atoms. The lowest BCUT2D eigenvalue weighted by Crippen LogP contribution is -1.98. The molecule has 3 aromatic rings. The Hall–Kier alpha value is -2.29. The van der Waals surface area contributed by atoms with Crippen molar-refractivity contribution in [3.05, 3.63) is 60.7 Å². The van der Waals surface area contributed by atoms with Gasteiger partial charge in [-0.2, -0.15) is 13.5 Å². The first-order valence-electron chi connectivity index (χ1n) is 8.69. The molecule has 0 saturated heterocycles. The van der Waals surface area contributed by atoms with Crippen LogP contribution in [0.2, 0.25) is 0 Å². The van der Waals surface area contributed by atoms with Crippen molar-refractivity contribution in [2.75, 3.05) is 11.9 Å². The van der Waals surface area contributed by atoms with Gasteiger partial charge in [0, 0.05) is 16.1 Å². The SMILES string of the molecule is O=S(=O)(O)c1ccc(N=Nc2ccc(OCCCCBr)c3ccccc23)cc1. The monoisotopic (exact) mass is 462 g/mol. The quantitative estimate of drug-likeness (QED) is 0.191. The lowest BCUT2D eigenvalue weighted by molar-refractivity contribution is 0.313. The van der Waals surface area contributed by atoms with Gasteiger partial charge in [-0.1, -0.05) is 40.2 Å². The van der Waals surface area contributed by atoms with Gasteiger partial charge in [-0.15, -0.1) is 5.11 Å². The number of benzene rings is 3. The second-order valence-electron chi connectivity index (χ2n) is 6.04. The van der Waals surface area contributed by atoms with Gasteiger partial charge in [-0.05, 0) is 49.2 Å². The predicted octanol–water partition coefficient (Wildman–Crippen LogP) is 6.06. The van der Waals surface area contributed by atoms with Crippen molar-refractivity contribution in [2.45, 2.75) is 17.7 Å². The van der Waals surface area contributed by atoms with Gasteiger partial charge in [-0.25, -0.2) is 0 Å². The molecule has 0 heterocycles. The molecule has 0 amide bonds. The van der Waals surface area contributed by atoms with Gasteiger partial charge in [0.1, 0.15) is 5.75 Å². The van der Waals surface area contributed by atoms with Crippen molar-refractivity contribution >= 4 is 48.2 Å². The number of alkyl halides is 1. The maximum atomic E-state index is 11.1. The van der Waals surface area contributed by atoms with Crippen molar-refractivity contribution in [3.8, 4) is 5.75 Å². The molecule has 0 unspecified atom stereocenters. The first-order chi connectivity index (χ1) is 13.5. The van der Waals surface area contributed by atoms with E-state index < -0.39 is 10.1 Å². The van der Waals surface area contributed by atoms with Gasteiger partial charge in [0.15, 0.2) is 0 Å². The zero-order valence-corrected chi connectivity index (χ0v) is 17.4. The van der Waals surface area contributed by atoms with Gasteiger partial charge in [-0.3, -0.25) is 4.55 Å². The summed E-state index contributed by atoms with van der Waals surface area (Å²) in [5.41, 5.74) is 1.16. The third-order valence-electron chi connectivity index (χ3n) is 4.05. The maximum absolute atomic E-state index is 11.1. The van der Waals surface area contributed by atoms with Crippen molar-refractivity contribution in [1.82, 2.24) is 0 Å². The highest BCUT2D eigenvalue weighted by Gasteiger charge is 2.09. The van der Waals surface area contributed by atoms with E-state index in [0.717, 1.165) is 34.7 Å². The molecule has 3 aromatic carbocycles. The number of hydrogen-bond donors (Lipinski definition) is 1. The minimum Gasteiger partial charge on any atom is -0.493 e. The lowest BCUT2D eigenvalue weighted by atomic mass is 10.1. The Balaban J connectivity index is 1.84. The van der Waals surface area contributed by atoms with Crippen molar-refractivity contribution < 1.29 is 17.7 Å². The zero-order chi connectivity index (χ0) is 20.0. The van der Waals surface area contributed by atoms with Crippen molar-refractivity contribution in [3.63, 3.8) is 0 Å². The molecule has 0 fully saturated rings. The van der Waals surface area contributed by atoms with E-state index in [1.54, 1.807) is 0 Å². The smallest absolute Gasteiger partial charge is 0.294 e. The first kappa shape index (κ1) is 20.4. The number of fused-ring (bicyclic) bond motifs is 1. The Morgan fingerprint density at radius 3 is 2.29 bits per heavy atom. The van der Waals surface area contributed by atoms with E-state index in [1.165, 1.54) is 24.3 Å². The van der Waals surface area contributed by atoms with Crippen molar-refractivity contribution in [2.24, 2.45) is 10.2 Å². The molecule has 0 bridgehead atoms. The molecule has 8 heteroatoms. The predicted molar refractivity (Wildman–Crippen MR) is 113 cm³/mol. The minimum absolute atomic E-state index is 0.182. The molecule has 3 rings (SSSR count). The van der Waals surface area contributed by atoms with Crippen LogP contribution >= 0.6 is 15.9 Å². The molecule has 6 nitrogen and oxygen atoms in total. The third-order valence-corrected chi connectivity index (χ3v) is 5.48. The first-order valence-corrected chi connectivity index (χ1v) is 11.2. The van der Waals surface area contributed by atoms with E-state index in [0.29, 0.717) is 18.0 Å². The third kappa shape index (κ3) is 5.15. The Kier molecular flexibility index (Phi) is 6.77. The second kappa shape index (κ2) is 9.27. The number of unbranched alkanes of at least 4 members (excludes halogenated alkanes) is 1. The molecule has 0 aliphatic carbocycles. The molecule has 0 aliphatic rings. The number of rotatable bonds is 8. The molecule has 0 radical (unpaired) electrons. The molecule has 0 atom stereocenters. The van der Waals surface area contributed by atoms with Crippen LogP contribution in [0.5, 0.6) is 5.75 Å². The van der Waals surface area contributed by atoms with Gasteiger partial charge >= 0.3 is 0 Å². The molecular formula is C20H19BrN2O4S. The van der Waals surface area contributed by atoms with E-state index >= 15 is 0 Å². The summed E-state index contributed by atoms with van der Waals surface area (Å²) >= 11 is 3.41. The number of halogens is 1. The Labute approximate surface area is 172 Å². The molecular weight excluding hydrogens is 444 g/mol. The van der Waals surface area contributed by atoms with Crippen molar-refractivity contribution in [1.29, 1.82) is 0 Å². The molecule has 1 N–H and O–H groups in total. The fraction of sp³-hybridized carbons (Fsp3) is 0.200. The summed E-state index contributed by atoms with van der Waals surface area (Å²) < 4.78 is 37.1. The van der Waals surface area contributed by atoms with Gasteiger partial charge < -0.3 is 4.74 Å². The van der Waals surface area contributed by atoms with Crippen LogP contribution in [0.1, 0.15) is 12.8 Å². The molecule has 0 spiro atoms. The van der Waals surface area contributed by atoms with Crippen LogP contribution in [0.15, 0.2) is 75.8 Å². The summed E-state index contributed by atoms with van der Waals surface area (Å²) in [5.74, 6) is 0.807. The summed E-state index contributed by atoms with van der Waals surface area (Å²) in [6.45, 7) is 0.649. The van der Waals surface area contributed by atoms with Crippen LogP contribution in [0.25, 0.3) is 10.8 Å². The van der Waals surface area contributed by atoms with Crippen LogP contribution in [0, 0.1) is 0 Å². The van der Waals surface area contributed by atoms with Gasteiger partial charge in [0.05, 0.1) is 22.9 Å². The Morgan fingerprint density at radius 2 is 1.61 bits per heavy atom. The highest BCUT2D eigenvalue weighted by molar-refractivity contribution is 9.09. The molecule has 146 valence electrons.